The highest BCUT2D eigenvalue weighted by Crippen LogP contribution is 2.33. The van der Waals surface area contributed by atoms with Crippen LogP contribution in [0.1, 0.15) is 24.0 Å². The SMILES string of the molecule is O=C(NCCCCN1CCN(c2cccc(Cl)c2Cl)CC1)C1=Cc2cc(F)ccc2OC1.O=C(O)C1=Cc2cc(F)ccc2OC1. The number of halogens is 4. The zero-order valence-corrected chi connectivity index (χ0v) is 26.4. The van der Waals surface area contributed by atoms with Crippen molar-refractivity contribution in [3.63, 3.8) is 0 Å². The van der Waals surface area contributed by atoms with Gasteiger partial charge in [-0.3, -0.25) is 9.69 Å². The molecule has 0 saturated carbocycles. The number of piperazine rings is 1. The summed E-state index contributed by atoms with van der Waals surface area (Å²) in [6.45, 7) is 5.57. The molecule has 6 rings (SSSR count). The van der Waals surface area contributed by atoms with Gasteiger partial charge in [0, 0.05) is 43.9 Å². The fourth-order valence-corrected chi connectivity index (χ4v) is 5.69. The molecule has 12 heteroatoms. The third kappa shape index (κ3) is 8.57. The Labute approximate surface area is 275 Å². The number of carboxylic acid groups (broad SMARTS) is 1. The minimum absolute atomic E-state index is 0.0218. The van der Waals surface area contributed by atoms with Crippen molar-refractivity contribution >= 4 is 52.9 Å². The summed E-state index contributed by atoms with van der Waals surface area (Å²) in [5.41, 5.74) is 2.70. The molecule has 1 amide bonds. The van der Waals surface area contributed by atoms with E-state index in [1.165, 1.54) is 36.4 Å². The van der Waals surface area contributed by atoms with Crippen LogP contribution < -0.4 is 19.7 Å². The molecular weight excluding hydrogens is 639 g/mol. The Morgan fingerprint density at radius 1 is 0.826 bits per heavy atom. The van der Waals surface area contributed by atoms with Gasteiger partial charge >= 0.3 is 5.97 Å². The summed E-state index contributed by atoms with van der Waals surface area (Å²) in [5.74, 6) is -0.846. The number of ether oxygens (including phenoxy) is 2. The monoisotopic (exact) mass is 671 g/mol. The maximum Gasteiger partial charge on any atom is 0.335 e. The van der Waals surface area contributed by atoms with Crippen LogP contribution in [0, 0.1) is 11.6 Å². The molecule has 0 unspecified atom stereocenters. The van der Waals surface area contributed by atoms with Gasteiger partial charge in [0.2, 0.25) is 0 Å². The Bertz CT molecular complexity index is 1660. The van der Waals surface area contributed by atoms with Gasteiger partial charge in [-0.1, -0.05) is 29.3 Å². The van der Waals surface area contributed by atoms with Crippen LogP contribution in [0.3, 0.4) is 0 Å². The number of carbonyl (C=O) groups excluding carboxylic acids is 1. The molecule has 0 atom stereocenters. The summed E-state index contributed by atoms with van der Waals surface area (Å²) in [6.07, 6.45) is 5.01. The number of benzene rings is 3. The number of rotatable bonds is 8. The number of anilines is 1. The number of fused-ring (bicyclic) bond motifs is 2. The van der Waals surface area contributed by atoms with Gasteiger partial charge in [0.05, 0.1) is 26.9 Å². The highest BCUT2D eigenvalue weighted by atomic mass is 35.5. The summed E-state index contributed by atoms with van der Waals surface area (Å²) in [4.78, 5) is 27.7. The lowest BCUT2D eigenvalue weighted by atomic mass is 10.1. The van der Waals surface area contributed by atoms with E-state index in [9.17, 15) is 18.4 Å². The first-order valence-corrected chi connectivity index (χ1v) is 15.6. The molecule has 0 aromatic heterocycles. The molecule has 0 spiro atoms. The van der Waals surface area contributed by atoms with E-state index in [-0.39, 0.29) is 30.5 Å². The molecule has 1 saturated heterocycles. The second-order valence-corrected chi connectivity index (χ2v) is 11.7. The maximum atomic E-state index is 13.4. The zero-order chi connectivity index (χ0) is 32.6. The molecule has 3 aromatic rings. The van der Waals surface area contributed by atoms with Gasteiger partial charge in [-0.05, 0) is 80.1 Å². The van der Waals surface area contributed by atoms with Crippen molar-refractivity contribution in [1.29, 1.82) is 0 Å². The topological polar surface area (TPSA) is 91.3 Å². The molecule has 3 aliphatic rings. The average Bonchev–Trinajstić information content (AvgIpc) is 3.05. The Morgan fingerprint density at radius 2 is 1.43 bits per heavy atom. The molecule has 242 valence electrons. The van der Waals surface area contributed by atoms with Crippen LogP contribution in [0.5, 0.6) is 11.5 Å². The van der Waals surface area contributed by atoms with E-state index in [0.717, 1.165) is 51.3 Å². The average molecular weight is 673 g/mol. The van der Waals surface area contributed by atoms with E-state index in [1.54, 1.807) is 18.2 Å². The molecular formula is C34H33Cl2F2N3O5. The first-order valence-electron chi connectivity index (χ1n) is 14.9. The van der Waals surface area contributed by atoms with Gasteiger partial charge in [0.15, 0.2) is 0 Å². The first-order chi connectivity index (χ1) is 22.2. The summed E-state index contributed by atoms with van der Waals surface area (Å²) < 4.78 is 36.9. The second kappa shape index (κ2) is 15.4. The quantitative estimate of drug-likeness (QED) is 0.271. The highest BCUT2D eigenvalue weighted by Gasteiger charge is 2.21. The van der Waals surface area contributed by atoms with Gasteiger partial charge in [-0.2, -0.15) is 0 Å². The van der Waals surface area contributed by atoms with Crippen molar-refractivity contribution in [2.24, 2.45) is 0 Å². The molecule has 0 aliphatic carbocycles. The third-order valence-electron chi connectivity index (χ3n) is 7.77. The van der Waals surface area contributed by atoms with Crippen LogP contribution in [0.25, 0.3) is 12.2 Å². The Balaban J connectivity index is 0.000000247. The lowest BCUT2D eigenvalue weighted by Gasteiger charge is -2.36. The number of hydrogen-bond acceptors (Lipinski definition) is 6. The Morgan fingerprint density at radius 3 is 2.07 bits per heavy atom. The molecule has 2 N–H and O–H groups in total. The number of nitrogens with zero attached hydrogens (tertiary/aromatic N) is 2. The third-order valence-corrected chi connectivity index (χ3v) is 8.58. The number of unbranched alkanes of at least 4 members (excludes halogenated alkanes) is 1. The van der Waals surface area contributed by atoms with Crippen LogP contribution >= 0.6 is 23.2 Å². The van der Waals surface area contributed by atoms with Crippen molar-refractivity contribution in [2.75, 3.05) is 57.4 Å². The van der Waals surface area contributed by atoms with Gasteiger partial charge in [-0.25, -0.2) is 13.6 Å². The Hall–Kier alpha value is -4.12. The van der Waals surface area contributed by atoms with Gasteiger partial charge in [0.1, 0.15) is 36.3 Å². The van der Waals surface area contributed by atoms with Crippen molar-refractivity contribution in [3.05, 3.63) is 98.6 Å². The van der Waals surface area contributed by atoms with Crippen LogP contribution in [-0.2, 0) is 9.59 Å². The number of amides is 1. The normalized spacial score (nSPS) is 15.5. The largest absolute Gasteiger partial charge is 0.488 e. The molecule has 3 aliphatic heterocycles. The lowest BCUT2D eigenvalue weighted by molar-refractivity contribution is -0.133. The minimum atomic E-state index is -1.04. The van der Waals surface area contributed by atoms with Crippen molar-refractivity contribution in [3.8, 4) is 11.5 Å². The van der Waals surface area contributed by atoms with Crippen molar-refractivity contribution in [2.45, 2.75) is 12.8 Å². The van der Waals surface area contributed by atoms with E-state index in [4.69, 9.17) is 37.8 Å². The van der Waals surface area contributed by atoms with Crippen LogP contribution in [0.15, 0.2) is 65.7 Å². The number of aliphatic carboxylic acids is 1. The smallest absolute Gasteiger partial charge is 0.335 e. The maximum absolute atomic E-state index is 13.4. The standard InChI is InChI=1S/C24H26Cl2FN3O2.C10H7FO3/c25-20-4-3-5-21(23(20)26)30-12-10-29(11-13-30)9-2-1-8-28-24(31)18-14-17-15-19(27)6-7-22(17)32-16-18;11-8-1-2-9-6(4-8)3-7(5-14-9)10(12)13/h3-7,14-15H,1-2,8-13,16H2,(H,28,31);1-4H,5H2,(H,12,13). The number of carboxylic acids is 1. The molecule has 0 radical (unpaired) electrons. The predicted molar refractivity (Wildman–Crippen MR) is 175 cm³/mol. The highest BCUT2D eigenvalue weighted by molar-refractivity contribution is 6.43. The van der Waals surface area contributed by atoms with Crippen molar-refractivity contribution in [1.82, 2.24) is 10.2 Å². The fraction of sp³-hybridized carbons (Fsp3) is 0.294. The van der Waals surface area contributed by atoms with Gasteiger partial charge in [-0.15, -0.1) is 0 Å². The second-order valence-electron chi connectivity index (χ2n) is 11.0. The number of nitrogens with one attached hydrogen (secondary N) is 1. The summed E-state index contributed by atoms with van der Waals surface area (Å²) >= 11 is 12.5. The van der Waals surface area contributed by atoms with E-state index < -0.39 is 11.8 Å². The van der Waals surface area contributed by atoms with Crippen LogP contribution in [0.4, 0.5) is 14.5 Å². The van der Waals surface area contributed by atoms with E-state index in [0.29, 0.717) is 44.8 Å². The molecule has 1 fully saturated rings. The molecule has 46 heavy (non-hydrogen) atoms. The zero-order valence-electron chi connectivity index (χ0n) is 24.9. The number of hydrogen-bond donors (Lipinski definition) is 2. The Kier molecular flexibility index (Phi) is 11.2. The fourth-order valence-electron chi connectivity index (χ4n) is 5.28. The minimum Gasteiger partial charge on any atom is -0.488 e. The lowest BCUT2D eigenvalue weighted by Crippen LogP contribution is -2.46. The van der Waals surface area contributed by atoms with Crippen LogP contribution in [-0.4, -0.2) is 74.4 Å². The summed E-state index contributed by atoms with van der Waals surface area (Å²) in [6, 6.07) is 14.1. The van der Waals surface area contributed by atoms with Crippen molar-refractivity contribution < 1.29 is 33.0 Å². The van der Waals surface area contributed by atoms with E-state index >= 15 is 0 Å². The number of carbonyl (C=O) groups is 2. The van der Waals surface area contributed by atoms with E-state index in [1.807, 2.05) is 12.1 Å². The molecule has 3 aromatic carbocycles. The predicted octanol–water partition coefficient (Wildman–Crippen LogP) is 6.31. The van der Waals surface area contributed by atoms with Crippen LogP contribution in [0.2, 0.25) is 10.0 Å². The van der Waals surface area contributed by atoms with Gasteiger partial charge in [0.25, 0.3) is 5.91 Å². The van der Waals surface area contributed by atoms with E-state index in [2.05, 4.69) is 15.1 Å². The molecule has 0 bridgehead atoms. The summed E-state index contributed by atoms with van der Waals surface area (Å²) in [7, 11) is 0. The first kappa shape index (κ1) is 33.2. The van der Waals surface area contributed by atoms with Gasteiger partial charge < -0.3 is 24.8 Å². The summed E-state index contributed by atoms with van der Waals surface area (Å²) in [5, 5.41) is 12.8. The molecule has 3 heterocycles. The molecule has 8 nitrogen and oxygen atoms in total.